The Morgan fingerprint density at radius 2 is 2.04 bits per heavy atom. The molecule has 1 heterocycles. The van der Waals surface area contributed by atoms with E-state index in [0.29, 0.717) is 18.9 Å². The van der Waals surface area contributed by atoms with Crippen LogP contribution in [-0.4, -0.2) is 41.5 Å². The maximum atomic E-state index is 12.2. The van der Waals surface area contributed by atoms with Gasteiger partial charge in [0.05, 0.1) is 6.54 Å². The highest BCUT2D eigenvalue weighted by Crippen LogP contribution is 2.21. The molecule has 1 aliphatic rings. The van der Waals surface area contributed by atoms with Gasteiger partial charge in [0.2, 0.25) is 5.91 Å². The molecule has 0 aromatic heterocycles. The van der Waals surface area contributed by atoms with Gasteiger partial charge in [-0.05, 0) is 55.8 Å². The second kappa shape index (κ2) is 8.67. The van der Waals surface area contributed by atoms with E-state index in [1.807, 2.05) is 24.3 Å². The number of carbonyl (C=O) groups is 2. The standard InChI is InChI=1S/C18H26N2O3/c1-2-14-5-8-16(9-6-14)19-17(21)13-20-11-3-4-15(12-20)7-10-18(22)23/h5-6,8-9,15H,2-4,7,10-13H2,1H3,(H,19,21)(H,22,23). The number of aryl methyl sites for hydroxylation is 1. The third kappa shape index (κ3) is 6.02. The summed E-state index contributed by atoms with van der Waals surface area (Å²) in [5, 5.41) is 11.7. The first-order valence-electron chi connectivity index (χ1n) is 8.39. The summed E-state index contributed by atoms with van der Waals surface area (Å²) in [6.07, 6.45) is 3.99. The average Bonchev–Trinajstić information content (AvgIpc) is 2.54. The van der Waals surface area contributed by atoms with Crippen molar-refractivity contribution in [1.29, 1.82) is 0 Å². The summed E-state index contributed by atoms with van der Waals surface area (Å²) < 4.78 is 0. The zero-order valence-electron chi connectivity index (χ0n) is 13.8. The smallest absolute Gasteiger partial charge is 0.303 e. The number of carboxylic acids is 1. The Morgan fingerprint density at radius 1 is 1.30 bits per heavy atom. The number of likely N-dealkylation sites (tertiary alicyclic amines) is 1. The number of benzene rings is 1. The highest BCUT2D eigenvalue weighted by Gasteiger charge is 2.22. The minimum Gasteiger partial charge on any atom is -0.481 e. The number of amides is 1. The van der Waals surface area contributed by atoms with Crippen molar-refractivity contribution in [1.82, 2.24) is 4.90 Å². The Bertz CT molecular complexity index is 528. The van der Waals surface area contributed by atoms with Crippen LogP contribution in [0.25, 0.3) is 0 Å². The molecule has 0 aliphatic carbocycles. The van der Waals surface area contributed by atoms with Crippen molar-refractivity contribution in [3.05, 3.63) is 29.8 Å². The zero-order chi connectivity index (χ0) is 16.7. The second-order valence-electron chi connectivity index (χ2n) is 6.27. The lowest BCUT2D eigenvalue weighted by Gasteiger charge is -2.32. The molecule has 1 fully saturated rings. The summed E-state index contributed by atoms with van der Waals surface area (Å²) in [5.41, 5.74) is 2.08. The number of nitrogens with one attached hydrogen (secondary N) is 1. The van der Waals surface area contributed by atoms with Crippen LogP contribution < -0.4 is 5.32 Å². The SMILES string of the molecule is CCc1ccc(NC(=O)CN2CCCC(CCC(=O)O)C2)cc1. The molecule has 1 atom stereocenters. The fourth-order valence-electron chi connectivity index (χ4n) is 3.09. The third-order valence-corrected chi connectivity index (χ3v) is 4.38. The summed E-state index contributed by atoms with van der Waals surface area (Å²) in [6.45, 7) is 4.20. The molecule has 1 amide bonds. The highest BCUT2D eigenvalue weighted by atomic mass is 16.4. The number of aliphatic carboxylic acids is 1. The molecule has 126 valence electrons. The fourth-order valence-corrected chi connectivity index (χ4v) is 3.09. The average molecular weight is 318 g/mol. The summed E-state index contributed by atoms with van der Waals surface area (Å²) in [6, 6.07) is 7.92. The number of hydrogen-bond acceptors (Lipinski definition) is 3. The van der Waals surface area contributed by atoms with E-state index < -0.39 is 5.97 Å². The van der Waals surface area contributed by atoms with Crippen LogP contribution in [0.5, 0.6) is 0 Å². The summed E-state index contributed by atoms with van der Waals surface area (Å²) >= 11 is 0. The van der Waals surface area contributed by atoms with Crippen LogP contribution in [0, 0.1) is 5.92 Å². The van der Waals surface area contributed by atoms with Crippen LogP contribution in [-0.2, 0) is 16.0 Å². The first-order valence-corrected chi connectivity index (χ1v) is 8.39. The van der Waals surface area contributed by atoms with E-state index in [4.69, 9.17) is 5.11 Å². The molecule has 1 saturated heterocycles. The van der Waals surface area contributed by atoms with Gasteiger partial charge in [0.1, 0.15) is 0 Å². The van der Waals surface area contributed by atoms with Crippen molar-refractivity contribution >= 4 is 17.6 Å². The van der Waals surface area contributed by atoms with Crippen molar-refractivity contribution < 1.29 is 14.7 Å². The van der Waals surface area contributed by atoms with Crippen molar-refractivity contribution in [2.75, 3.05) is 25.0 Å². The van der Waals surface area contributed by atoms with Gasteiger partial charge in [-0.25, -0.2) is 0 Å². The Morgan fingerprint density at radius 3 is 2.70 bits per heavy atom. The minimum absolute atomic E-state index is 0.00636. The van der Waals surface area contributed by atoms with Crippen molar-refractivity contribution in [2.24, 2.45) is 5.92 Å². The van der Waals surface area contributed by atoms with Gasteiger partial charge in [-0.2, -0.15) is 0 Å². The number of nitrogens with zero attached hydrogens (tertiary/aromatic N) is 1. The highest BCUT2D eigenvalue weighted by molar-refractivity contribution is 5.92. The summed E-state index contributed by atoms with van der Waals surface area (Å²) in [5.74, 6) is -0.361. The van der Waals surface area contributed by atoms with Crippen molar-refractivity contribution in [3.63, 3.8) is 0 Å². The van der Waals surface area contributed by atoms with Gasteiger partial charge in [0, 0.05) is 18.7 Å². The molecule has 0 bridgehead atoms. The Kier molecular flexibility index (Phi) is 6.59. The van der Waals surface area contributed by atoms with E-state index in [9.17, 15) is 9.59 Å². The first kappa shape index (κ1) is 17.5. The molecule has 5 heteroatoms. The van der Waals surface area contributed by atoms with Gasteiger partial charge in [-0.3, -0.25) is 14.5 Å². The molecule has 1 aromatic carbocycles. The van der Waals surface area contributed by atoms with Crippen molar-refractivity contribution in [3.8, 4) is 0 Å². The number of carbonyl (C=O) groups excluding carboxylic acids is 1. The van der Waals surface area contributed by atoms with E-state index in [1.54, 1.807) is 0 Å². The molecule has 0 radical (unpaired) electrons. The first-order chi connectivity index (χ1) is 11.1. The van der Waals surface area contributed by atoms with E-state index in [-0.39, 0.29) is 12.3 Å². The lowest BCUT2D eigenvalue weighted by atomic mass is 9.93. The number of anilines is 1. The van der Waals surface area contributed by atoms with Crippen LogP contribution in [0.3, 0.4) is 0 Å². The molecular weight excluding hydrogens is 292 g/mol. The molecule has 0 saturated carbocycles. The van der Waals surface area contributed by atoms with E-state index in [2.05, 4.69) is 17.1 Å². The Balaban J connectivity index is 1.78. The molecule has 5 nitrogen and oxygen atoms in total. The Hall–Kier alpha value is -1.88. The van der Waals surface area contributed by atoms with Gasteiger partial charge in [-0.1, -0.05) is 19.1 Å². The van der Waals surface area contributed by atoms with Crippen LogP contribution in [0.15, 0.2) is 24.3 Å². The van der Waals surface area contributed by atoms with Crippen LogP contribution in [0.1, 0.15) is 38.2 Å². The topological polar surface area (TPSA) is 69.6 Å². The van der Waals surface area contributed by atoms with E-state index in [1.165, 1.54) is 5.56 Å². The van der Waals surface area contributed by atoms with Crippen LogP contribution in [0.4, 0.5) is 5.69 Å². The number of hydrogen-bond donors (Lipinski definition) is 2. The maximum Gasteiger partial charge on any atom is 0.303 e. The minimum atomic E-state index is -0.740. The molecular formula is C18H26N2O3. The molecule has 1 aliphatic heterocycles. The summed E-state index contributed by atoms with van der Waals surface area (Å²) in [4.78, 5) is 25.0. The number of rotatable bonds is 7. The third-order valence-electron chi connectivity index (χ3n) is 4.38. The lowest BCUT2D eigenvalue weighted by molar-refractivity contribution is -0.137. The molecule has 1 unspecified atom stereocenters. The van der Waals surface area contributed by atoms with Gasteiger partial charge in [-0.15, -0.1) is 0 Å². The van der Waals surface area contributed by atoms with E-state index in [0.717, 1.165) is 38.0 Å². The lowest BCUT2D eigenvalue weighted by Crippen LogP contribution is -2.40. The largest absolute Gasteiger partial charge is 0.481 e. The van der Waals surface area contributed by atoms with Gasteiger partial charge in [0.25, 0.3) is 0 Å². The fraction of sp³-hybridized carbons (Fsp3) is 0.556. The monoisotopic (exact) mass is 318 g/mol. The summed E-state index contributed by atoms with van der Waals surface area (Å²) in [7, 11) is 0. The van der Waals surface area contributed by atoms with Crippen molar-refractivity contribution in [2.45, 2.75) is 39.0 Å². The van der Waals surface area contributed by atoms with Gasteiger partial charge >= 0.3 is 5.97 Å². The number of carboxylic acid groups (broad SMARTS) is 1. The molecule has 2 N–H and O–H groups in total. The van der Waals surface area contributed by atoms with E-state index >= 15 is 0 Å². The molecule has 23 heavy (non-hydrogen) atoms. The maximum absolute atomic E-state index is 12.2. The predicted octanol–water partition coefficient (Wildman–Crippen LogP) is 2.76. The molecule has 2 rings (SSSR count). The van der Waals surface area contributed by atoms with Crippen LogP contribution in [0.2, 0.25) is 0 Å². The Labute approximate surface area is 137 Å². The zero-order valence-corrected chi connectivity index (χ0v) is 13.8. The quantitative estimate of drug-likeness (QED) is 0.811. The molecule has 1 aromatic rings. The number of piperidine rings is 1. The molecule has 0 spiro atoms. The van der Waals surface area contributed by atoms with Gasteiger partial charge in [0.15, 0.2) is 0 Å². The van der Waals surface area contributed by atoms with Crippen LogP contribution >= 0.6 is 0 Å². The van der Waals surface area contributed by atoms with Gasteiger partial charge < -0.3 is 10.4 Å². The second-order valence-corrected chi connectivity index (χ2v) is 6.27. The predicted molar refractivity (Wildman–Crippen MR) is 90.5 cm³/mol. The normalized spacial score (nSPS) is 18.6.